The van der Waals surface area contributed by atoms with E-state index in [0.717, 1.165) is 19.4 Å². The van der Waals surface area contributed by atoms with Crippen LogP contribution in [-0.2, 0) is 13.0 Å². The third-order valence-electron chi connectivity index (χ3n) is 2.85. The molecule has 0 aliphatic rings. The molecule has 1 atom stereocenters. The molecule has 19 heavy (non-hydrogen) atoms. The summed E-state index contributed by atoms with van der Waals surface area (Å²) in [6.45, 7) is 4.85. The van der Waals surface area contributed by atoms with Crippen LogP contribution < -0.4 is 10.9 Å². The lowest BCUT2D eigenvalue weighted by Crippen LogP contribution is -2.28. The van der Waals surface area contributed by atoms with Crippen molar-refractivity contribution in [2.45, 2.75) is 39.3 Å². The van der Waals surface area contributed by atoms with Gasteiger partial charge in [0.25, 0.3) is 5.56 Å². The highest BCUT2D eigenvalue weighted by molar-refractivity contribution is 7.09. The van der Waals surface area contributed by atoms with Crippen LogP contribution in [-0.4, -0.2) is 15.6 Å². The molecule has 0 bridgehead atoms. The van der Waals surface area contributed by atoms with Gasteiger partial charge in [0.1, 0.15) is 0 Å². The predicted octanol–water partition coefficient (Wildman–Crippen LogP) is 2.76. The van der Waals surface area contributed by atoms with Gasteiger partial charge in [-0.15, -0.1) is 11.3 Å². The summed E-state index contributed by atoms with van der Waals surface area (Å²) in [6.07, 6.45) is 5.26. The SMILES string of the molecule is CCCn1ccnc(NC(C)Cc2cccs2)c1=O. The van der Waals surface area contributed by atoms with E-state index in [1.165, 1.54) is 4.88 Å². The quantitative estimate of drug-likeness (QED) is 0.883. The first kappa shape index (κ1) is 13.8. The van der Waals surface area contributed by atoms with E-state index in [-0.39, 0.29) is 11.6 Å². The second-order valence-electron chi connectivity index (χ2n) is 4.60. The molecular formula is C14H19N3OS. The van der Waals surface area contributed by atoms with E-state index in [2.05, 4.69) is 35.6 Å². The molecule has 0 saturated heterocycles. The van der Waals surface area contributed by atoms with Crippen LogP contribution in [0.1, 0.15) is 25.1 Å². The minimum Gasteiger partial charge on any atom is -0.363 e. The van der Waals surface area contributed by atoms with Crippen molar-refractivity contribution in [1.29, 1.82) is 0 Å². The average Bonchev–Trinajstić information content (AvgIpc) is 2.87. The predicted molar refractivity (Wildman–Crippen MR) is 79.9 cm³/mol. The van der Waals surface area contributed by atoms with Gasteiger partial charge in [-0.25, -0.2) is 4.98 Å². The van der Waals surface area contributed by atoms with Gasteiger partial charge in [0, 0.05) is 36.3 Å². The molecule has 0 aliphatic carbocycles. The van der Waals surface area contributed by atoms with Crippen LogP contribution in [0.4, 0.5) is 5.82 Å². The third-order valence-corrected chi connectivity index (χ3v) is 3.75. The Morgan fingerprint density at radius 1 is 1.53 bits per heavy atom. The van der Waals surface area contributed by atoms with Gasteiger partial charge in [-0.05, 0) is 24.8 Å². The Kier molecular flexibility index (Phi) is 4.74. The minimum absolute atomic E-state index is 0.0395. The van der Waals surface area contributed by atoms with Gasteiger partial charge in [-0.3, -0.25) is 4.79 Å². The maximum atomic E-state index is 12.1. The molecule has 0 amide bonds. The summed E-state index contributed by atoms with van der Waals surface area (Å²) < 4.78 is 1.70. The number of anilines is 1. The van der Waals surface area contributed by atoms with Crippen LogP contribution in [0, 0.1) is 0 Å². The number of rotatable bonds is 6. The number of aromatic nitrogens is 2. The zero-order valence-electron chi connectivity index (χ0n) is 11.3. The maximum Gasteiger partial charge on any atom is 0.293 e. The summed E-state index contributed by atoms with van der Waals surface area (Å²) in [5, 5.41) is 5.28. The second-order valence-corrected chi connectivity index (χ2v) is 5.64. The summed E-state index contributed by atoms with van der Waals surface area (Å²) in [4.78, 5) is 17.6. The van der Waals surface area contributed by atoms with E-state index < -0.39 is 0 Å². The highest BCUT2D eigenvalue weighted by Gasteiger charge is 2.09. The Labute approximate surface area is 117 Å². The number of aryl methyl sites for hydroxylation is 1. The zero-order chi connectivity index (χ0) is 13.7. The first-order valence-corrected chi connectivity index (χ1v) is 7.43. The van der Waals surface area contributed by atoms with E-state index in [0.29, 0.717) is 5.82 Å². The summed E-state index contributed by atoms with van der Waals surface area (Å²) in [5.74, 6) is 0.444. The molecule has 2 aromatic heterocycles. The maximum absolute atomic E-state index is 12.1. The molecule has 2 heterocycles. The molecule has 1 N–H and O–H groups in total. The molecule has 0 aromatic carbocycles. The molecule has 0 spiro atoms. The first-order chi connectivity index (χ1) is 9.20. The summed E-state index contributed by atoms with van der Waals surface area (Å²) in [5.41, 5.74) is -0.0395. The topological polar surface area (TPSA) is 46.9 Å². The fourth-order valence-electron chi connectivity index (χ4n) is 1.98. The molecule has 0 fully saturated rings. The number of hydrogen-bond donors (Lipinski definition) is 1. The highest BCUT2D eigenvalue weighted by atomic mass is 32.1. The van der Waals surface area contributed by atoms with Gasteiger partial charge in [0.2, 0.25) is 0 Å². The van der Waals surface area contributed by atoms with Crippen molar-refractivity contribution in [1.82, 2.24) is 9.55 Å². The molecule has 2 rings (SSSR count). The lowest BCUT2D eigenvalue weighted by Gasteiger charge is -2.14. The van der Waals surface area contributed by atoms with E-state index in [1.807, 2.05) is 6.07 Å². The van der Waals surface area contributed by atoms with Crippen molar-refractivity contribution in [2.75, 3.05) is 5.32 Å². The molecule has 1 unspecified atom stereocenters. The van der Waals surface area contributed by atoms with Gasteiger partial charge >= 0.3 is 0 Å². The Balaban J connectivity index is 2.06. The zero-order valence-corrected chi connectivity index (χ0v) is 12.1. The van der Waals surface area contributed by atoms with Crippen LogP contribution in [0.3, 0.4) is 0 Å². The second kappa shape index (κ2) is 6.52. The minimum atomic E-state index is -0.0395. The summed E-state index contributed by atoms with van der Waals surface area (Å²) >= 11 is 1.73. The van der Waals surface area contributed by atoms with Gasteiger partial charge < -0.3 is 9.88 Å². The smallest absolute Gasteiger partial charge is 0.293 e. The van der Waals surface area contributed by atoms with Crippen molar-refractivity contribution in [3.8, 4) is 0 Å². The lowest BCUT2D eigenvalue weighted by molar-refractivity contribution is 0.646. The van der Waals surface area contributed by atoms with Crippen LogP contribution in [0.5, 0.6) is 0 Å². The van der Waals surface area contributed by atoms with Crippen molar-refractivity contribution in [3.05, 3.63) is 45.1 Å². The molecule has 0 aliphatic heterocycles. The van der Waals surface area contributed by atoms with Crippen molar-refractivity contribution in [2.24, 2.45) is 0 Å². The number of hydrogen-bond acceptors (Lipinski definition) is 4. The average molecular weight is 277 g/mol. The monoisotopic (exact) mass is 277 g/mol. The number of nitrogens with one attached hydrogen (secondary N) is 1. The van der Waals surface area contributed by atoms with Crippen LogP contribution in [0.15, 0.2) is 34.7 Å². The summed E-state index contributed by atoms with van der Waals surface area (Å²) in [6, 6.07) is 4.34. The number of nitrogens with zero attached hydrogens (tertiary/aromatic N) is 2. The normalized spacial score (nSPS) is 12.3. The van der Waals surface area contributed by atoms with Gasteiger partial charge in [-0.1, -0.05) is 13.0 Å². The Bertz CT molecular complexity index is 562. The molecule has 4 nitrogen and oxygen atoms in total. The van der Waals surface area contributed by atoms with E-state index in [9.17, 15) is 4.79 Å². The fraction of sp³-hybridized carbons (Fsp3) is 0.429. The fourth-order valence-corrected chi connectivity index (χ4v) is 2.81. The van der Waals surface area contributed by atoms with Crippen molar-refractivity contribution >= 4 is 17.2 Å². The van der Waals surface area contributed by atoms with Crippen molar-refractivity contribution < 1.29 is 0 Å². The molecule has 0 radical (unpaired) electrons. The molecular weight excluding hydrogens is 258 g/mol. The summed E-state index contributed by atoms with van der Waals surface area (Å²) in [7, 11) is 0. The van der Waals surface area contributed by atoms with E-state index in [1.54, 1.807) is 28.3 Å². The van der Waals surface area contributed by atoms with E-state index >= 15 is 0 Å². The largest absolute Gasteiger partial charge is 0.363 e. The molecule has 2 aromatic rings. The molecule has 5 heteroatoms. The highest BCUT2D eigenvalue weighted by Crippen LogP contribution is 2.12. The van der Waals surface area contributed by atoms with Crippen LogP contribution >= 0.6 is 11.3 Å². The van der Waals surface area contributed by atoms with Gasteiger partial charge in [0.05, 0.1) is 0 Å². The molecule has 0 saturated carbocycles. The number of thiophene rings is 1. The lowest BCUT2D eigenvalue weighted by atomic mass is 10.2. The van der Waals surface area contributed by atoms with Gasteiger partial charge in [-0.2, -0.15) is 0 Å². The van der Waals surface area contributed by atoms with Crippen LogP contribution in [0.25, 0.3) is 0 Å². The Morgan fingerprint density at radius 2 is 2.37 bits per heavy atom. The molecule has 102 valence electrons. The third kappa shape index (κ3) is 3.67. The van der Waals surface area contributed by atoms with Gasteiger partial charge in [0.15, 0.2) is 5.82 Å². The Hall–Kier alpha value is -1.62. The van der Waals surface area contributed by atoms with Crippen LogP contribution in [0.2, 0.25) is 0 Å². The van der Waals surface area contributed by atoms with E-state index in [4.69, 9.17) is 0 Å². The van der Waals surface area contributed by atoms with Crippen molar-refractivity contribution in [3.63, 3.8) is 0 Å². The standard InChI is InChI=1S/C14H19N3OS/c1-3-7-17-8-6-15-13(14(17)18)16-11(2)10-12-5-4-9-19-12/h4-6,8-9,11H,3,7,10H2,1-2H3,(H,15,16). The Morgan fingerprint density at radius 3 is 3.05 bits per heavy atom. The first-order valence-electron chi connectivity index (χ1n) is 6.55.